The van der Waals surface area contributed by atoms with E-state index in [0.29, 0.717) is 13.1 Å². The Bertz CT molecular complexity index is 583. The van der Waals surface area contributed by atoms with E-state index in [0.717, 1.165) is 32.4 Å². The molecule has 0 saturated carbocycles. The number of benzene rings is 1. The summed E-state index contributed by atoms with van der Waals surface area (Å²) in [6.07, 6.45) is 2.65. The molecule has 1 aliphatic heterocycles. The van der Waals surface area contributed by atoms with Crippen molar-refractivity contribution in [3.8, 4) is 0 Å². The fraction of sp³-hybridized carbons (Fsp3) is 0.579. The fourth-order valence-corrected chi connectivity index (χ4v) is 3.35. The van der Waals surface area contributed by atoms with Crippen LogP contribution in [0.2, 0.25) is 0 Å². The number of hydrogen-bond acceptors (Lipinski definition) is 4. The fourth-order valence-electron chi connectivity index (χ4n) is 3.35. The Hall–Kier alpha value is -1.92. The van der Waals surface area contributed by atoms with Crippen molar-refractivity contribution in [2.45, 2.75) is 32.2 Å². The van der Waals surface area contributed by atoms with E-state index in [4.69, 9.17) is 5.11 Å². The maximum absolute atomic E-state index is 12.1. The summed E-state index contributed by atoms with van der Waals surface area (Å²) in [6, 6.07) is 8.52. The number of carboxylic acid groups (broad SMARTS) is 1. The van der Waals surface area contributed by atoms with Crippen LogP contribution in [-0.4, -0.2) is 72.6 Å². The van der Waals surface area contributed by atoms with Crippen molar-refractivity contribution in [3.63, 3.8) is 0 Å². The number of amides is 1. The van der Waals surface area contributed by atoms with E-state index in [9.17, 15) is 9.59 Å². The summed E-state index contributed by atoms with van der Waals surface area (Å²) in [5.41, 5.74) is 2.52. The van der Waals surface area contributed by atoms with Crippen LogP contribution in [0.1, 0.15) is 24.0 Å². The van der Waals surface area contributed by atoms with Crippen LogP contribution >= 0.6 is 0 Å². The first-order valence-electron chi connectivity index (χ1n) is 8.91. The van der Waals surface area contributed by atoms with Gasteiger partial charge in [-0.15, -0.1) is 0 Å². The number of carboxylic acids is 1. The molecule has 0 spiro atoms. The Morgan fingerprint density at radius 1 is 1.28 bits per heavy atom. The second-order valence-corrected chi connectivity index (χ2v) is 6.84. The molecule has 0 aromatic heterocycles. The monoisotopic (exact) mass is 347 g/mol. The molecule has 6 nitrogen and oxygen atoms in total. The van der Waals surface area contributed by atoms with Crippen molar-refractivity contribution in [2.24, 2.45) is 0 Å². The zero-order valence-electron chi connectivity index (χ0n) is 15.2. The number of carbonyl (C=O) groups is 2. The molecule has 6 heteroatoms. The van der Waals surface area contributed by atoms with E-state index in [1.54, 1.807) is 0 Å². The first kappa shape index (κ1) is 19.4. The normalized spacial score (nSPS) is 16.1. The van der Waals surface area contributed by atoms with E-state index in [1.165, 1.54) is 11.1 Å². The number of aryl methyl sites for hydroxylation is 1. The van der Waals surface area contributed by atoms with Gasteiger partial charge in [-0.3, -0.25) is 19.4 Å². The quantitative estimate of drug-likeness (QED) is 0.738. The summed E-state index contributed by atoms with van der Waals surface area (Å²) >= 11 is 0. The van der Waals surface area contributed by atoms with Crippen LogP contribution in [0.4, 0.5) is 0 Å². The summed E-state index contributed by atoms with van der Waals surface area (Å²) in [4.78, 5) is 26.9. The minimum atomic E-state index is -0.794. The van der Waals surface area contributed by atoms with Crippen LogP contribution in [0.25, 0.3) is 0 Å². The smallest absolute Gasteiger partial charge is 0.317 e. The van der Waals surface area contributed by atoms with Gasteiger partial charge in [-0.1, -0.05) is 24.3 Å². The highest BCUT2D eigenvalue weighted by Gasteiger charge is 2.24. The molecule has 25 heavy (non-hydrogen) atoms. The Morgan fingerprint density at radius 3 is 2.60 bits per heavy atom. The average molecular weight is 347 g/mol. The lowest BCUT2D eigenvalue weighted by atomic mass is 10.0. The Morgan fingerprint density at radius 2 is 1.96 bits per heavy atom. The molecule has 2 N–H and O–H groups in total. The molecule has 0 radical (unpaired) electrons. The summed E-state index contributed by atoms with van der Waals surface area (Å²) in [7, 11) is 1.85. The van der Waals surface area contributed by atoms with Gasteiger partial charge in [-0.05, 0) is 44.4 Å². The summed E-state index contributed by atoms with van der Waals surface area (Å²) in [5.74, 6) is -0.733. The molecular formula is C19H29N3O3. The van der Waals surface area contributed by atoms with E-state index in [1.807, 2.05) is 24.1 Å². The second-order valence-electron chi connectivity index (χ2n) is 6.84. The molecule has 1 saturated heterocycles. The van der Waals surface area contributed by atoms with Gasteiger partial charge in [-0.2, -0.15) is 0 Å². The number of carbonyl (C=O) groups excluding carboxylic acids is 1. The van der Waals surface area contributed by atoms with Crippen molar-refractivity contribution >= 4 is 11.9 Å². The number of rotatable bonds is 8. The lowest BCUT2D eigenvalue weighted by Gasteiger charge is -2.35. The van der Waals surface area contributed by atoms with Crippen LogP contribution < -0.4 is 5.32 Å². The zero-order chi connectivity index (χ0) is 18.2. The zero-order valence-corrected chi connectivity index (χ0v) is 15.2. The Kier molecular flexibility index (Phi) is 7.40. The van der Waals surface area contributed by atoms with Crippen molar-refractivity contribution in [1.82, 2.24) is 15.1 Å². The van der Waals surface area contributed by atoms with E-state index >= 15 is 0 Å². The van der Waals surface area contributed by atoms with Crippen LogP contribution in [0.15, 0.2) is 24.3 Å². The van der Waals surface area contributed by atoms with Crippen LogP contribution in [0, 0.1) is 6.92 Å². The molecule has 1 heterocycles. The maximum atomic E-state index is 12.1. The standard InChI is InChI=1S/C19H29N3O3/c1-15-5-3-4-6-16(15)7-10-20-18(23)13-22-11-8-17(9-12-22)21(2)14-19(24)25/h3-6,17H,7-14H2,1-2H3,(H,20,23)(H,24,25). The molecular weight excluding hydrogens is 318 g/mol. The number of likely N-dealkylation sites (N-methyl/N-ethyl adjacent to an activating group) is 1. The number of hydrogen-bond donors (Lipinski definition) is 2. The number of nitrogens with zero attached hydrogens (tertiary/aromatic N) is 2. The first-order chi connectivity index (χ1) is 12.0. The predicted molar refractivity (Wildman–Crippen MR) is 97.6 cm³/mol. The third-order valence-electron chi connectivity index (χ3n) is 4.91. The third-order valence-corrected chi connectivity index (χ3v) is 4.91. The number of piperidine rings is 1. The van der Waals surface area contributed by atoms with Gasteiger partial charge in [-0.25, -0.2) is 0 Å². The second kappa shape index (κ2) is 9.53. The molecule has 0 atom stereocenters. The number of nitrogens with one attached hydrogen (secondary N) is 1. The van der Waals surface area contributed by atoms with Gasteiger partial charge in [0.05, 0.1) is 13.1 Å². The van der Waals surface area contributed by atoms with Gasteiger partial charge in [0.25, 0.3) is 0 Å². The highest BCUT2D eigenvalue weighted by molar-refractivity contribution is 5.78. The molecule has 1 fully saturated rings. The highest BCUT2D eigenvalue weighted by atomic mass is 16.4. The lowest BCUT2D eigenvalue weighted by Crippen LogP contribution is -2.47. The number of aliphatic carboxylic acids is 1. The first-order valence-corrected chi connectivity index (χ1v) is 8.91. The van der Waals surface area contributed by atoms with Gasteiger partial charge < -0.3 is 10.4 Å². The van der Waals surface area contributed by atoms with Crippen LogP contribution in [0.5, 0.6) is 0 Å². The van der Waals surface area contributed by atoms with Gasteiger partial charge in [0.15, 0.2) is 0 Å². The average Bonchev–Trinajstić information content (AvgIpc) is 2.56. The topological polar surface area (TPSA) is 72.9 Å². The molecule has 2 rings (SSSR count). The van der Waals surface area contributed by atoms with E-state index < -0.39 is 5.97 Å². The molecule has 1 aromatic carbocycles. The van der Waals surface area contributed by atoms with Crippen molar-refractivity contribution in [3.05, 3.63) is 35.4 Å². The van der Waals surface area contributed by atoms with Crippen molar-refractivity contribution < 1.29 is 14.7 Å². The van der Waals surface area contributed by atoms with Gasteiger partial charge in [0, 0.05) is 25.7 Å². The van der Waals surface area contributed by atoms with Gasteiger partial charge >= 0.3 is 5.97 Å². The van der Waals surface area contributed by atoms with Gasteiger partial charge in [0.1, 0.15) is 0 Å². The molecule has 1 aromatic rings. The summed E-state index contributed by atoms with van der Waals surface area (Å²) in [6.45, 7) is 4.90. The van der Waals surface area contributed by atoms with Crippen molar-refractivity contribution in [1.29, 1.82) is 0 Å². The predicted octanol–water partition coefficient (Wildman–Crippen LogP) is 1.13. The minimum absolute atomic E-state index is 0.0610. The molecule has 138 valence electrons. The minimum Gasteiger partial charge on any atom is -0.480 e. The Labute approximate surface area is 149 Å². The van der Waals surface area contributed by atoms with Gasteiger partial charge in [0.2, 0.25) is 5.91 Å². The van der Waals surface area contributed by atoms with E-state index in [2.05, 4.69) is 29.3 Å². The molecule has 0 bridgehead atoms. The lowest BCUT2D eigenvalue weighted by molar-refractivity contribution is -0.138. The Balaban J connectivity index is 1.65. The number of likely N-dealkylation sites (tertiary alicyclic amines) is 1. The highest BCUT2D eigenvalue weighted by Crippen LogP contribution is 2.15. The maximum Gasteiger partial charge on any atom is 0.317 e. The summed E-state index contributed by atoms with van der Waals surface area (Å²) < 4.78 is 0. The SMILES string of the molecule is Cc1ccccc1CCNC(=O)CN1CCC(N(C)CC(=O)O)CC1. The van der Waals surface area contributed by atoms with Crippen molar-refractivity contribution in [2.75, 3.05) is 39.8 Å². The largest absolute Gasteiger partial charge is 0.480 e. The molecule has 0 aliphatic carbocycles. The molecule has 0 unspecified atom stereocenters. The van der Waals surface area contributed by atoms with Crippen LogP contribution in [-0.2, 0) is 16.0 Å². The van der Waals surface area contributed by atoms with Crippen LogP contribution in [0.3, 0.4) is 0 Å². The molecule has 1 amide bonds. The summed E-state index contributed by atoms with van der Waals surface area (Å²) in [5, 5.41) is 11.9. The third kappa shape index (κ3) is 6.48. The molecule has 1 aliphatic rings. The van der Waals surface area contributed by atoms with E-state index in [-0.39, 0.29) is 18.5 Å².